The largest absolute Gasteiger partial charge is 0.480 e. The summed E-state index contributed by atoms with van der Waals surface area (Å²) in [5, 5.41) is 16.1. The molecule has 24 heavy (non-hydrogen) atoms. The molecule has 3 atom stereocenters. The molecule has 10 heteroatoms. The number of hydrogen-bond donors (Lipinski definition) is 5. The number of unbranched alkanes of at least 4 members (excludes halogenated alkanes) is 1. The Kier molecular flexibility index (Phi) is 11.0. The molecule has 9 nitrogen and oxygen atoms in total. The quantitative estimate of drug-likeness (QED) is 0.220. The molecule has 0 bridgehead atoms. The van der Waals surface area contributed by atoms with Crippen molar-refractivity contribution in [2.45, 2.75) is 51.2 Å². The highest BCUT2D eigenvalue weighted by Gasteiger charge is 2.25. The summed E-state index contributed by atoms with van der Waals surface area (Å²) in [7, 11) is 0. The number of carboxylic acids is 1. The Hall–Kier alpha value is -1.68. The second kappa shape index (κ2) is 11.8. The number of nitrogens with one attached hydrogen (secondary N) is 3. The maximum atomic E-state index is 12.3. The summed E-state index contributed by atoms with van der Waals surface area (Å²) in [6, 6.07) is -2.78. The summed E-state index contributed by atoms with van der Waals surface area (Å²) in [5.74, 6) is -2.65. The first-order valence-corrected chi connectivity index (χ1v) is 8.74. The average molecular weight is 409 g/mol. The van der Waals surface area contributed by atoms with Crippen LogP contribution in [0.3, 0.4) is 0 Å². The monoisotopic (exact) mass is 408 g/mol. The van der Waals surface area contributed by atoms with Crippen LogP contribution in [0.25, 0.3) is 0 Å². The Balaban J connectivity index is 4.68. The lowest BCUT2D eigenvalue weighted by Crippen LogP contribution is -2.54. The molecule has 0 rings (SSSR count). The average Bonchev–Trinajstić information content (AvgIpc) is 2.53. The Labute approximate surface area is 149 Å². The van der Waals surface area contributed by atoms with Crippen LogP contribution in [0.4, 0.5) is 0 Å². The number of nitrogens with two attached hydrogens (primary N) is 1. The summed E-state index contributed by atoms with van der Waals surface area (Å²) in [4.78, 5) is 46.3. The molecule has 0 fully saturated rings. The van der Waals surface area contributed by atoms with Gasteiger partial charge in [0.2, 0.25) is 17.7 Å². The minimum Gasteiger partial charge on any atom is -0.480 e. The predicted octanol–water partition coefficient (Wildman–Crippen LogP) is -0.911. The number of hydrogen-bond acceptors (Lipinski definition) is 5. The molecule has 138 valence electrons. The minimum absolute atomic E-state index is 0.0554. The molecule has 0 aromatic heterocycles. The van der Waals surface area contributed by atoms with E-state index >= 15 is 0 Å². The van der Waals surface area contributed by atoms with E-state index in [1.54, 1.807) is 0 Å². The van der Waals surface area contributed by atoms with Crippen LogP contribution < -0.4 is 21.7 Å². The first kappa shape index (κ1) is 22.3. The fourth-order valence-corrected chi connectivity index (χ4v) is 1.94. The van der Waals surface area contributed by atoms with Gasteiger partial charge in [0.1, 0.15) is 18.1 Å². The van der Waals surface area contributed by atoms with E-state index in [-0.39, 0.29) is 11.2 Å². The molecular formula is C14H25BrN4O5. The van der Waals surface area contributed by atoms with E-state index in [1.165, 1.54) is 13.8 Å². The maximum absolute atomic E-state index is 12.3. The van der Waals surface area contributed by atoms with Crippen molar-refractivity contribution in [3.8, 4) is 0 Å². The highest BCUT2D eigenvalue weighted by Crippen LogP contribution is 2.02. The maximum Gasteiger partial charge on any atom is 0.325 e. The van der Waals surface area contributed by atoms with Gasteiger partial charge >= 0.3 is 5.97 Å². The van der Waals surface area contributed by atoms with E-state index in [1.807, 2.05) is 0 Å². The topological polar surface area (TPSA) is 151 Å². The normalized spacial score (nSPS) is 14.2. The van der Waals surface area contributed by atoms with Gasteiger partial charge in [0.15, 0.2) is 0 Å². The summed E-state index contributed by atoms with van der Waals surface area (Å²) >= 11 is 3.01. The molecule has 0 aromatic carbocycles. The lowest BCUT2D eigenvalue weighted by molar-refractivity contribution is -0.141. The van der Waals surface area contributed by atoms with E-state index in [0.717, 1.165) is 0 Å². The number of aliphatic carboxylic acids is 1. The molecule has 0 aliphatic carbocycles. The van der Waals surface area contributed by atoms with Crippen molar-refractivity contribution in [1.29, 1.82) is 0 Å². The third-order valence-electron chi connectivity index (χ3n) is 3.20. The smallest absolute Gasteiger partial charge is 0.325 e. The second-order valence-corrected chi connectivity index (χ2v) is 5.90. The zero-order valence-electron chi connectivity index (χ0n) is 13.8. The molecule has 6 N–H and O–H groups in total. The van der Waals surface area contributed by atoms with E-state index in [2.05, 4.69) is 31.9 Å². The number of halogens is 1. The Morgan fingerprint density at radius 3 is 2.08 bits per heavy atom. The van der Waals surface area contributed by atoms with Crippen molar-refractivity contribution in [3.63, 3.8) is 0 Å². The predicted molar refractivity (Wildman–Crippen MR) is 91.5 cm³/mol. The highest BCUT2D eigenvalue weighted by molar-refractivity contribution is 9.09. The first-order chi connectivity index (χ1) is 11.2. The summed E-state index contributed by atoms with van der Waals surface area (Å²) in [6.45, 7) is 3.23. The Bertz CT molecular complexity index is 460. The summed E-state index contributed by atoms with van der Waals surface area (Å²) < 4.78 is 0. The van der Waals surface area contributed by atoms with Gasteiger partial charge in [-0.1, -0.05) is 15.9 Å². The molecular weight excluding hydrogens is 384 g/mol. The Morgan fingerprint density at radius 2 is 1.58 bits per heavy atom. The van der Waals surface area contributed by atoms with Crippen molar-refractivity contribution in [1.82, 2.24) is 16.0 Å². The third kappa shape index (κ3) is 8.82. The standard InChI is InChI=1S/C14H25BrN4O5/c1-8(12(21)18-9(2)14(23)24)17-13(22)10(5-3-4-6-16)19-11(20)7-15/h8-10H,3-7,16H2,1-2H3,(H,17,22)(H,18,21)(H,19,20)(H,23,24)/t8-,9-,10+/m1/s1. The molecule has 0 aliphatic rings. The molecule has 0 saturated carbocycles. The van der Waals surface area contributed by atoms with Gasteiger partial charge in [-0.15, -0.1) is 0 Å². The van der Waals surface area contributed by atoms with Gasteiger partial charge in [0, 0.05) is 0 Å². The van der Waals surface area contributed by atoms with Gasteiger partial charge in [0.25, 0.3) is 0 Å². The number of carboxylic acid groups (broad SMARTS) is 1. The van der Waals surface area contributed by atoms with Crippen LogP contribution in [-0.4, -0.2) is 58.8 Å². The number of carbonyl (C=O) groups excluding carboxylic acids is 3. The SMILES string of the molecule is C[C@@H](NC(=O)[C@@H](C)NC(=O)[C@H](CCCCN)NC(=O)CBr)C(=O)O. The summed E-state index contributed by atoms with van der Waals surface area (Å²) in [5.41, 5.74) is 5.41. The number of amides is 3. The van der Waals surface area contributed by atoms with Crippen LogP contribution in [0.5, 0.6) is 0 Å². The van der Waals surface area contributed by atoms with Gasteiger partial charge in [-0.2, -0.15) is 0 Å². The molecule has 0 unspecified atom stereocenters. The highest BCUT2D eigenvalue weighted by atomic mass is 79.9. The molecule has 0 radical (unpaired) electrons. The van der Waals surface area contributed by atoms with Crippen LogP contribution in [-0.2, 0) is 19.2 Å². The van der Waals surface area contributed by atoms with Crippen LogP contribution in [0.1, 0.15) is 33.1 Å². The molecule has 3 amide bonds. The number of rotatable bonds is 11. The van der Waals surface area contributed by atoms with Crippen LogP contribution in [0, 0.1) is 0 Å². The third-order valence-corrected chi connectivity index (χ3v) is 3.71. The van der Waals surface area contributed by atoms with Crippen LogP contribution in [0.2, 0.25) is 0 Å². The lowest BCUT2D eigenvalue weighted by atomic mass is 10.1. The molecule has 0 aliphatic heterocycles. The van der Waals surface area contributed by atoms with E-state index in [0.29, 0.717) is 25.8 Å². The molecule has 0 heterocycles. The van der Waals surface area contributed by atoms with Gasteiger partial charge < -0.3 is 26.8 Å². The van der Waals surface area contributed by atoms with E-state index in [9.17, 15) is 19.2 Å². The zero-order chi connectivity index (χ0) is 18.7. The van der Waals surface area contributed by atoms with E-state index < -0.39 is 35.9 Å². The van der Waals surface area contributed by atoms with Crippen molar-refractivity contribution in [3.05, 3.63) is 0 Å². The number of carbonyl (C=O) groups is 4. The fraction of sp³-hybridized carbons (Fsp3) is 0.714. The minimum atomic E-state index is -1.17. The van der Waals surface area contributed by atoms with Gasteiger partial charge in [-0.25, -0.2) is 0 Å². The lowest BCUT2D eigenvalue weighted by Gasteiger charge is -2.21. The van der Waals surface area contributed by atoms with Crippen molar-refractivity contribution in [2.24, 2.45) is 5.73 Å². The summed E-state index contributed by atoms with van der Waals surface area (Å²) in [6.07, 6.45) is 1.75. The van der Waals surface area contributed by atoms with Crippen molar-refractivity contribution >= 4 is 39.6 Å². The fourth-order valence-electron chi connectivity index (χ4n) is 1.77. The van der Waals surface area contributed by atoms with E-state index in [4.69, 9.17) is 10.8 Å². The number of alkyl halides is 1. The van der Waals surface area contributed by atoms with Gasteiger partial charge in [-0.3, -0.25) is 19.2 Å². The molecule has 0 spiro atoms. The van der Waals surface area contributed by atoms with Crippen LogP contribution >= 0.6 is 15.9 Å². The first-order valence-electron chi connectivity index (χ1n) is 7.61. The molecule has 0 aromatic rings. The van der Waals surface area contributed by atoms with Crippen molar-refractivity contribution in [2.75, 3.05) is 11.9 Å². The zero-order valence-corrected chi connectivity index (χ0v) is 15.4. The van der Waals surface area contributed by atoms with Crippen LogP contribution in [0.15, 0.2) is 0 Å². The molecule has 0 saturated heterocycles. The van der Waals surface area contributed by atoms with Crippen molar-refractivity contribution < 1.29 is 24.3 Å². The van der Waals surface area contributed by atoms with Gasteiger partial charge in [0.05, 0.1) is 5.33 Å². The second-order valence-electron chi connectivity index (χ2n) is 5.34. The van der Waals surface area contributed by atoms with Gasteiger partial charge in [-0.05, 0) is 39.7 Å². The Morgan fingerprint density at radius 1 is 1.00 bits per heavy atom.